The van der Waals surface area contributed by atoms with E-state index in [1.165, 1.54) is 0 Å². The van der Waals surface area contributed by atoms with Gasteiger partial charge in [0.1, 0.15) is 30.0 Å². The van der Waals surface area contributed by atoms with E-state index in [4.69, 9.17) is 0 Å². The number of hydrogen-bond acceptors (Lipinski definition) is 5. The zero-order valence-corrected chi connectivity index (χ0v) is 25.0. The number of rotatable bonds is 11. The van der Waals surface area contributed by atoms with Gasteiger partial charge in [0, 0.05) is 42.9 Å². The zero-order valence-electron chi connectivity index (χ0n) is 25.0. The van der Waals surface area contributed by atoms with Crippen LogP contribution >= 0.6 is 0 Å². The summed E-state index contributed by atoms with van der Waals surface area (Å²) in [4.78, 5) is 71.4. The highest BCUT2D eigenvalue weighted by molar-refractivity contribution is 5.98. The van der Waals surface area contributed by atoms with Crippen LogP contribution in [0.4, 0.5) is 0 Å². The fourth-order valence-corrected chi connectivity index (χ4v) is 5.98. The molecule has 0 aliphatic carbocycles. The maximum absolute atomic E-state index is 13.8. The van der Waals surface area contributed by atoms with Crippen molar-refractivity contribution in [3.63, 3.8) is 0 Å². The molecule has 2 saturated heterocycles. The average molecular weight is 580 g/mol. The minimum absolute atomic E-state index is 0.162. The third-order valence-corrected chi connectivity index (χ3v) is 8.82. The molecule has 10 nitrogen and oxygen atoms in total. The average Bonchev–Trinajstić information content (AvgIpc) is 3.65. The second kappa shape index (κ2) is 14.5. The fraction of sp³-hybridized carbons (Fsp3) is 0.594. The maximum Gasteiger partial charge on any atom is 0.246 e. The van der Waals surface area contributed by atoms with E-state index < -0.39 is 36.0 Å². The Hall–Kier alpha value is -3.69. The Morgan fingerprint density at radius 1 is 0.952 bits per heavy atom. The third kappa shape index (κ3) is 7.38. The Morgan fingerprint density at radius 3 is 2.45 bits per heavy atom. The van der Waals surface area contributed by atoms with Crippen LogP contribution in [-0.2, 0) is 30.4 Å². The molecular formula is C32H45N5O5. The number of aromatic nitrogens is 1. The van der Waals surface area contributed by atoms with Gasteiger partial charge in [-0.2, -0.15) is 0 Å². The molecule has 0 spiro atoms. The van der Waals surface area contributed by atoms with Crippen LogP contribution in [0.5, 0.6) is 0 Å². The lowest BCUT2D eigenvalue weighted by atomic mass is 9.95. The van der Waals surface area contributed by atoms with Gasteiger partial charge in [-0.3, -0.25) is 24.0 Å². The van der Waals surface area contributed by atoms with Crippen LogP contribution in [0.15, 0.2) is 30.5 Å². The number of para-hydroxylation sites is 1. The van der Waals surface area contributed by atoms with Gasteiger partial charge in [-0.25, -0.2) is 0 Å². The number of amides is 4. The Morgan fingerprint density at radius 2 is 1.69 bits per heavy atom. The molecule has 0 bridgehead atoms. The number of fused-ring (bicyclic) bond motifs is 2. The number of nitrogens with one attached hydrogen (secondary N) is 4. The predicted octanol–water partition coefficient (Wildman–Crippen LogP) is 3.15. The van der Waals surface area contributed by atoms with E-state index >= 15 is 0 Å². The van der Waals surface area contributed by atoms with Crippen LogP contribution < -0.4 is 16.0 Å². The van der Waals surface area contributed by atoms with Crippen molar-refractivity contribution >= 4 is 40.3 Å². The van der Waals surface area contributed by atoms with Gasteiger partial charge in [-0.15, -0.1) is 0 Å². The molecule has 42 heavy (non-hydrogen) atoms. The first-order valence-electron chi connectivity index (χ1n) is 15.5. The van der Waals surface area contributed by atoms with Crippen LogP contribution in [0.3, 0.4) is 0 Å². The van der Waals surface area contributed by atoms with E-state index in [9.17, 15) is 24.0 Å². The van der Waals surface area contributed by atoms with E-state index in [2.05, 4.69) is 20.9 Å². The molecule has 5 atom stereocenters. The van der Waals surface area contributed by atoms with E-state index in [0.29, 0.717) is 51.5 Å². The molecule has 2 aromatic rings. The quantitative estimate of drug-likeness (QED) is 0.303. The summed E-state index contributed by atoms with van der Waals surface area (Å²) in [7, 11) is 0. The van der Waals surface area contributed by atoms with Gasteiger partial charge in [-0.05, 0) is 43.2 Å². The van der Waals surface area contributed by atoms with Crippen molar-refractivity contribution in [3.05, 3.63) is 36.0 Å². The number of ketones is 1. The van der Waals surface area contributed by atoms with Crippen molar-refractivity contribution in [2.45, 2.75) is 109 Å². The van der Waals surface area contributed by atoms with Gasteiger partial charge < -0.3 is 25.8 Å². The Labute approximate surface area is 247 Å². The molecule has 0 radical (unpaired) electrons. The summed E-state index contributed by atoms with van der Waals surface area (Å²) in [5.74, 6) is -1.41. The summed E-state index contributed by atoms with van der Waals surface area (Å²) >= 11 is 0. The standard InChI is InChI=1S/C32H45N5O5/c1-4-20(3)28-32(42)37-17-11-16-27(37)31(41)34-25(15-8-6-7-12-22(38)5-2)29(39)35-26(30(40)36-28)18-21-19-33-24-14-10-9-13-23(21)24/h9-10,13-14,19-20,25-28,33H,4-8,11-12,15-18H2,1-3H3,(H,34,41)(H,35,39)(H,36,40)/t20-,25?,26-,27+,28-/m0/s1. The van der Waals surface area contributed by atoms with Crippen molar-refractivity contribution < 1.29 is 24.0 Å². The number of aromatic amines is 1. The molecule has 2 fully saturated rings. The number of nitrogens with zero attached hydrogens (tertiary/aromatic N) is 1. The Balaban J connectivity index is 1.61. The van der Waals surface area contributed by atoms with Crippen molar-refractivity contribution in [3.8, 4) is 0 Å². The number of H-pyrrole nitrogens is 1. The van der Waals surface area contributed by atoms with E-state index in [-0.39, 0.29) is 29.9 Å². The summed E-state index contributed by atoms with van der Waals surface area (Å²) in [5.41, 5.74) is 1.79. The smallest absolute Gasteiger partial charge is 0.246 e. The van der Waals surface area contributed by atoms with Crippen LogP contribution in [0, 0.1) is 5.92 Å². The van der Waals surface area contributed by atoms with Crippen LogP contribution in [-0.4, -0.2) is 70.0 Å². The van der Waals surface area contributed by atoms with Crippen molar-refractivity contribution in [2.24, 2.45) is 5.92 Å². The van der Waals surface area contributed by atoms with Gasteiger partial charge >= 0.3 is 0 Å². The second-order valence-corrected chi connectivity index (χ2v) is 11.7. The molecule has 10 heteroatoms. The lowest BCUT2D eigenvalue weighted by Gasteiger charge is -2.34. The fourth-order valence-electron chi connectivity index (χ4n) is 5.98. The molecule has 3 heterocycles. The Kier molecular flexibility index (Phi) is 10.8. The molecule has 4 rings (SSSR count). The number of unbranched alkanes of at least 4 members (excludes halogenated alkanes) is 2. The molecule has 4 N–H and O–H groups in total. The highest BCUT2D eigenvalue weighted by Gasteiger charge is 2.41. The van der Waals surface area contributed by atoms with Crippen LogP contribution in [0.1, 0.15) is 84.1 Å². The number of carbonyl (C=O) groups excluding carboxylic acids is 5. The molecule has 2 aliphatic rings. The lowest BCUT2D eigenvalue weighted by Crippen LogP contribution is -2.62. The topological polar surface area (TPSA) is 140 Å². The number of hydrogen-bond donors (Lipinski definition) is 4. The molecule has 1 aromatic carbocycles. The molecule has 228 valence electrons. The normalized spacial score (nSPS) is 24.3. The van der Waals surface area contributed by atoms with E-state index in [1.807, 2.05) is 51.2 Å². The van der Waals surface area contributed by atoms with Crippen molar-refractivity contribution in [1.29, 1.82) is 0 Å². The molecule has 2 aliphatic heterocycles. The van der Waals surface area contributed by atoms with Gasteiger partial charge in [0.05, 0.1) is 0 Å². The number of Topliss-reactive ketones (excluding diaryl/α,β-unsaturated/α-hetero) is 1. The van der Waals surface area contributed by atoms with Gasteiger partial charge in [0.15, 0.2) is 0 Å². The zero-order chi connectivity index (χ0) is 30.2. The lowest BCUT2D eigenvalue weighted by molar-refractivity contribution is -0.144. The summed E-state index contributed by atoms with van der Waals surface area (Å²) in [5, 5.41) is 9.76. The van der Waals surface area contributed by atoms with Gasteiger partial charge in [0.25, 0.3) is 0 Å². The summed E-state index contributed by atoms with van der Waals surface area (Å²) < 4.78 is 0. The minimum Gasteiger partial charge on any atom is -0.361 e. The molecule has 0 saturated carbocycles. The largest absolute Gasteiger partial charge is 0.361 e. The summed E-state index contributed by atoms with van der Waals surface area (Å²) in [6, 6.07) is 4.45. The number of benzene rings is 1. The second-order valence-electron chi connectivity index (χ2n) is 11.7. The monoisotopic (exact) mass is 579 g/mol. The highest BCUT2D eigenvalue weighted by Crippen LogP contribution is 2.24. The van der Waals surface area contributed by atoms with E-state index in [0.717, 1.165) is 29.3 Å². The predicted molar refractivity (Wildman–Crippen MR) is 160 cm³/mol. The Bertz CT molecular complexity index is 1290. The third-order valence-electron chi connectivity index (χ3n) is 8.82. The van der Waals surface area contributed by atoms with Crippen LogP contribution in [0.25, 0.3) is 10.9 Å². The van der Waals surface area contributed by atoms with Crippen LogP contribution in [0.2, 0.25) is 0 Å². The van der Waals surface area contributed by atoms with Crippen molar-refractivity contribution in [2.75, 3.05) is 6.54 Å². The first-order valence-corrected chi connectivity index (χ1v) is 15.5. The number of carbonyl (C=O) groups is 5. The first kappa shape index (κ1) is 31.3. The van der Waals surface area contributed by atoms with E-state index in [1.54, 1.807) is 4.90 Å². The minimum atomic E-state index is -0.952. The molecular weight excluding hydrogens is 534 g/mol. The molecule has 1 unspecified atom stereocenters. The van der Waals surface area contributed by atoms with Gasteiger partial charge in [-0.1, -0.05) is 58.2 Å². The molecule has 4 amide bonds. The first-order chi connectivity index (χ1) is 20.2. The summed E-state index contributed by atoms with van der Waals surface area (Å²) in [6.07, 6.45) is 7.39. The molecule has 1 aromatic heterocycles. The summed E-state index contributed by atoms with van der Waals surface area (Å²) in [6.45, 7) is 6.15. The van der Waals surface area contributed by atoms with Gasteiger partial charge in [0.2, 0.25) is 23.6 Å². The van der Waals surface area contributed by atoms with Crippen molar-refractivity contribution in [1.82, 2.24) is 25.8 Å². The maximum atomic E-state index is 13.8. The SMILES string of the molecule is CCC(=O)CCCCCC1NC(=O)[C@H]2CCCN2C(=O)[C@H]([C@@H](C)CC)NC(=O)[C@H](Cc2c[nH]c3ccccc23)NC1=O. The highest BCUT2D eigenvalue weighted by atomic mass is 16.2.